The maximum atomic E-state index is 10.8. The number of carbonyl (C=O) groups excluding carboxylic acids is 1. The number of Topliss-reactive ketones (excluding diaryl/α,β-unsaturated/α-hetero) is 1. The van der Waals surface area contributed by atoms with Crippen molar-refractivity contribution >= 4 is 17.4 Å². The Balaban J connectivity index is 2.32. The van der Waals surface area contributed by atoms with Gasteiger partial charge in [0.25, 0.3) is 0 Å². The minimum absolute atomic E-state index is 0.173. The van der Waals surface area contributed by atoms with Gasteiger partial charge in [0.05, 0.1) is 5.88 Å². The lowest BCUT2D eigenvalue weighted by atomic mass is 10.1. The Morgan fingerprint density at radius 2 is 2.56 bits per heavy atom. The molecule has 3 heteroatoms. The van der Waals surface area contributed by atoms with Crippen molar-refractivity contribution in [2.75, 3.05) is 19.0 Å². The molecule has 1 N–H and O–H groups in total. The van der Waals surface area contributed by atoms with E-state index in [-0.39, 0.29) is 17.6 Å². The number of ketones is 1. The third kappa shape index (κ3) is 1.66. The van der Waals surface area contributed by atoms with Crippen LogP contribution < -0.4 is 5.32 Å². The van der Waals surface area contributed by atoms with Gasteiger partial charge in [0.15, 0.2) is 5.78 Å². The summed E-state index contributed by atoms with van der Waals surface area (Å²) < 4.78 is 0. The van der Waals surface area contributed by atoms with Gasteiger partial charge in [-0.2, -0.15) is 0 Å². The van der Waals surface area contributed by atoms with E-state index in [4.69, 9.17) is 11.6 Å². The molecule has 0 aliphatic carbocycles. The minimum atomic E-state index is 0.173. The molecule has 1 aliphatic heterocycles. The van der Waals surface area contributed by atoms with Gasteiger partial charge in [-0.25, -0.2) is 0 Å². The molecule has 0 saturated carbocycles. The van der Waals surface area contributed by atoms with Crippen molar-refractivity contribution in [2.24, 2.45) is 5.92 Å². The van der Waals surface area contributed by atoms with Gasteiger partial charge in [0, 0.05) is 12.5 Å². The van der Waals surface area contributed by atoms with Gasteiger partial charge in [-0.15, -0.1) is 11.6 Å². The molecular formula is C6H10ClNO. The minimum Gasteiger partial charge on any atom is -0.316 e. The van der Waals surface area contributed by atoms with Crippen molar-refractivity contribution in [2.45, 2.75) is 6.42 Å². The quantitative estimate of drug-likeness (QED) is 0.573. The van der Waals surface area contributed by atoms with Gasteiger partial charge in [0.1, 0.15) is 0 Å². The van der Waals surface area contributed by atoms with Crippen molar-refractivity contribution < 1.29 is 4.79 Å². The highest BCUT2D eigenvalue weighted by atomic mass is 35.5. The van der Waals surface area contributed by atoms with E-state index in [0.717, 1.165) is 19.5 Å². The maximum absolute atomic E-state index is 10.8. The summed E-state index contributed by atoms with van der Waals surface area (Å²) in [5, 5.41) is 3.11. The maximum Gasteiger partial charge on any atom is 0.151 e. The first-order valence-electron chi connectivity index (χ1n) is 3.14. The predicted molar refractivity (Wildman–Crippen MR) is 36.7 cm³/mol. The van der Waals surface area contributed by atoms with Crippen LogP contribution in [0.2, 0.25) is 0 Å². The fourth-order valence-electron chi connectivity index (χ4n) is 1.04. The molecule has 0 amide bonds. The fourth-order valence-corrected chi connectivity index (χ4v) is 1.26. The summed E-state index contributed by atoms with van der Waals surface area (Å²) in [5.41, 5.74) is 0. The summed E-state index contributed by atoms with van der Waals surface area (Å²) in [5.74, 6) is 0.552. The van der Waals surface area contributed by atoms with Crippen LogP contribution in [0.15, 0.2) is 0 Å². The Kier molecular flexibility index (Phi) is 2.49. The van der Waals surface area contributed by atoms with Crippen molar-refractivity contribution in [1.82, 2.24) is 5.32 Å². The molecule has 0 radical (unpaired) electrons. The molecule has 0 aromatic heterocycles. The Morgan fingerprint density at radius 3 is 3.00 bits per heavy atom. The van der Waals surface area contributed by atoms with E-state index in [9.17, 15) is 4.79 Å². The van der Waals surface area contributed by atoms with Crippen LogP contribution in [0.3, 0.4) is 0 Å². The number of nitrogens with one attached hydrogen (secondary N) is 1. The Hall–Kier alpha value is -0.0800. The van der Waals surface area contributed by atoms with Gasteiger partial charge in [-0.05, 0) is 13.0 Å². The summed E-state index contributed by atoms with van der Waals surface area (Å²) in [6, 6.07) is 0. The molecule has 0 aromatic carbocycles. The molecule has 0 spiro atoms. The molecular weight excluding hydrogens is 138 g/mol. The van der Waals surface area contributed by atoms with Crippen molar-refractivity contribution in [1.29, 1.82) is 0 Å². The summed E-state index contributed by atoms with van der Waals surface area (Å²) in [6.07, 6.45) is 0.964. The number of hydrogen-bond donors (Lipinski definition) is 1. The van der Waals surface area contributed by atoms with E-state index in [0.29, 0.717) is 0 Å². The fraction of sp³-hybridized carbons (Fsp3) is 0.833. The highest BCUT2D eigenvalue weighted by Crippen LogP contribution is 2.08. The topological polar surface area (TPSA) is 29.1 Å². The zero-order chi connectivity index (χ0) is 6.69. The third-order valence-electron chi connectivity index (χ3n) is 1.65. The summed E-state index contributed by atoms with van der Waals surface area (Å²) in [7, 11) is 0. The van der Waals surface area contributed by atoms with E-state index in [1.54, 1.807) is 0 Å². The lowest BCUT2D eigenvalue weighted by Crippen LogP contribution is -2.18. The van der Waals surface area contributed by atoms with Crippen LogP contribution in [0.1, 0.15) is 6.42 Å². The van der Waals surface area contributed by atoms with E-state index in [1.165, 1.54) is 0 Å². The molecule has 1 unspecified atom stereocenters. The number of hydrogen-bond acceptors (Lipinski definition) is 2. The van der Waals surface area contributed by atoms with Gasteiger partial charge in [-0.1, -0.05) is 0 Å². The molecule has 1 saturated heterocycles. The summed E-state index contributed by atoms with van der Waals surface area (Å²) >= 11 is 5.35. The molecule has 0 aromatic rings. The van der Waals surface area contributed by atoms with Gasteiger partial charge in [0.2, 0.25) is 0 Å². The van der Waals surface area contributed by atoms with Gasteiger partial charge < -0.3 is 5.32 Å². The molecule has 1 rings (SSSR count). The Bertz CT molecular complexity index is 110. The molecule has 1 aliphatic rings. The van der Waals surface area contributed by atoms with E-state index >= 15 is 0 Å². The third-order valence-corrected chi connectivity index (χ3v) is 1.91. The van der Waals surface area contributed by atoms with Crippen molar-refractivity contribution in [3.63, 3.8) is 0 Å². The summed E-state index contributed by atoms with van der Waals surface area (Å²) in [6.45, 7) is 1.79. The normalized spacial score (nSPS) is 26.6. The first kappa shape index (κ1) is 7.03. The molecule has 9 heavy (non-hydrogen) atoms. The van der Waals surface area contributed by atoms with Crippen LogP contribution in [0, 0.1) is 5.92 Å². The molecule has 0 bridgehead atoms. The van der Waals surface area contributed by atoms with Gasteiger partial charge in [-0.3, -0.25) is 4.79 Å². The van der Waals surface area contributed by atoms with Crippen LogP contribution in [0.5, 0.6) is 0 Å². The van der Waals surface area contributed by atoms with Crippen LogP contribution >= 0.6 is 11.6 Å². The average molecular weight is 148 g/mol. The lowest BCUT2D eigenvalue weighted by Gasteiger charge is -2.01. The van der Waals surface area contributed by atoms with Crippen molar-refractivity contribution in [3.05, 3.63) is 0 Å². The zero-order valence-corrected chi connectivity index (χ0v) is 5.95. The molecule has 1 heterocycles. The number of halogens is 1. The second-order valence-electron chi connectivity index (χ2n) is 2.29. The standard InChI is InChI=1S/C6H10ClNO/c7-3-6(9)5-1-2-8-4-5/h5,8H,1-4H2. The average Bonchev–Trinajstić information content (AvgIpc) is 2.37. The zero-order valence-electron chi connectivity index (χ0n) is 5.19. The van der Waals surface area contributed by atoms with Crippen LogP contribution in [0.25, 0.3) is 0 Å². The number of rotatable bonds is 2. The van der Waals surface area contributed by atoms with Crippen molar-refractivity contribution in [3.8, 4) is 0 Å². The highest BCUT2D eigenvalue weighted by molar-refractivity contribution is 6.27. The second-order valence-corrected chi connectivity index (χ2v) is 2.56. The van der Waals surface area contributed by atoms with Crippen LogP contribution in [0.4, 0.5) is 0 Å². The molecule has 1 fully saturated rings. The van der Waals surface area contributed by atoms with E-state index in [1.807, 2.05) is 0 Å². The molecule has 2 nitrogen and oxygen atoms in total. The van der Waals surface area contributed by atoms with E-state index in [2.05, 4.69) is 5.32 Å². The first-order chi connectivity index (χ1) is 4.34. The molecule has 52 valence electrons. The smallest absolute Gasteiger partial charge is 0.151 e. The van der Waals surface area contributed by atoms with Gasteiger partial charge >= 0.3 is 0 Å². The van der Waals surface area contributed by atoms with Crippen LogP contribution in [-0.4, -0.2) is 24.8 Å². The molecule has 1 atom stereocenters. The SMILES string of the molecule is O=C(CCl)C1CCNC1. The lowest BCUT2D eigenvalue weighted by molar-refractivity contribution is -0.119. The number of alkyl halides is 1. The Labute approximate surface area is 59.6 Å². The largest absolute Gasteiger partial charge is 0.316 e. The Morgan fingerprint density at radius 1 is 1.78 bits per heavy atom. The highest BCUT2D eigenvalue weighted by Gasteiger charge is 2.20. The first-order valence-corrected chi connectivity index (χ1v) is 3.67. The monoisotopic (exact) mass is 147 g/mol. The number of carbonyl (C=O) groups is 1. The van der Waals surface area contributed by atoms with E-state index < -0.39 is 0 Å². The predicted octanol–water partition coefficient (Wildman–Crippen LogP) is 0.404. The summed E-state index contributed by atoms with van der Waals surface area (Å²) in [4.78, 5) is 10.8. The van der Waals surface area contributed by atoms with Crippen LogP contribution in [-0.2, 0) is 4.79 Å². The second kappa shape index (κ2) is 3.18.